The van der Waals surface area contributed by atoms with Gasteiger partial charge in [-0.2, -0.15) is 0 Å². The molecule has 4 atom stereocenters. The van der Waals surface area contributed by atoms with Gasteiger partial charge < -0.3 is 5.32 Å². The van der Waals surface area contributed by atoms with Crippen LogP contribution in [0.2, 0.25) is 0 Å². The van der Waals surface area contributed by atoms with Gasteiger partial charge in [0.15, 0.2) is 0 Å². The van der Waals surface area contributed by atoms with E-state index in [-0.39, 0.29) is 0 Å². The second-order valence-electron chi connectivity index (χ2n) is 6.54. The van der Waals surface area contributed by atoms with Gasteiger partial charge in [-0.3, -0.25) is 4.90 Å². The van der Waals surface area contributed by atoms with E-state index < -0.39 is 0 Å². The first-order valence-electron chi connectivity index (χ1n) is 8.23. The van der Waals surface area contributed by atoms with Crippen LogP contribution in [0, 0.1) is 5.92 Å². The molecule has 106 valence electrons. The van der Waals surface area contributed by atoms with Gasteiger partial charge in [0.25, 0.3) is 0 Å². The molecule has 4 unspecified atom stereocenters. The molecular weight excluding hydrogens is 220 g/mol. The molecule has 1 aliphatic heterocycles. The Morgan fingerprint density at radius 2 is 1.89 bits per heavy atom. The van der Waals surface area contributed by atoms with Crippen LogP contribution in [-0.2, 0) is 0 Å². The summed E-state index contributed by atoms with van der Waals surface area (Å²) < 4.78 is 0. The third-order valence-electron chi connectivity index (χ3n) is 5.20. The average molecular weight is 252 g/mol. The Bertz CT molecular complexity index is 241. The van der Waals surface area contributed by atoms with Gasteiger partial charge in [-0.15, -0.1) is 0 Å². The largest absolute Gasteiger partial charge is 0.311 e. The molecule has 2 aliphatic rings. The zero-order valence-electron chi connectivity index (χ0n) is 12.6. The molecule has 0 aromatic heterocycles. The van der Waals surface area contributed by atoms with Crippen LogP contribution in [0.25, 0.3) is 0 Å². The second kappa shape index (κ2) is 6.91. The van der Waals surface area contributed by atoms with Crippen LogP contribution in [0.3, 0.4) is 0 Å². The van der Waals surface area contributed by atoms with E-state index in [1.54, 1.807) is 0 Å². The van der Waals surface area contributed by atoms with E-state index in [0.717, 1.165) is 24.0 Å². The van der Waals surface area contributed by atoms with Crippen LogP contribution in [-0.4, -0.2) is 36.1 Å². The van der Waals surface area contributed by atoms with Crippen molar-refractivity contribution in [3.05, 3.63) is 0 Å². The molecule has 1 saturated carbocycles. The molecule has 2 nitrogen and oxygen atoms in total. The van der Waals surface area contributed by atoms with Crippen molar-refractivity contribution < 1.29 is 0 Å². The lowest BCUT2D eigenvalue weighted by Gasteiger charge is -2.44. The molecule has 18 heavy (non-hydrogen) atoms. The first-order chi connectivity index (χ1) is 8.74. The Balaban J connectivity index is 1.97. The van der Waals surface area contributed by atoms with Gasteiger partial charge in [-0.05, 0) is 38.0 Å². The summed E-state index contributed by atoms with van der Waals surface area (Å²) in [7, 11) is 0. The molecule has 0 amide bonds. The Morgan fingerprint density at radius 1 is 1.06 bits per heavy atom. The zero-order valence-corrected chi connectivity index (χ0v) is 12.6. The maximum absolute atomic E-state index is 3.72. The minimum absolute atomic E-state index is 0.730. The number of hydrogen-bond acceptors (Lipinski definition) is 2. The molecule has 0 aromatic carbocycles. The van der Waals surface area contributed by atoms with E-state index in [9.17, 15) is 0 Å². The third-order valence-corrected chi connectivity index (χ3v) is 5.20. The maximum atomic E-state index is 3.72. The highest BCUT2D eigenvalue weighted by atomic mass is 15.3. The lowest BCUT2D eigenvalue weighted by atomic mass is 9.98. The van der Waals surface area contributed by atoms with Crippen LogP contribution in [0.5, 0.6) is 0 Å². The Hall–Kier alpha value is -0.0800. The van der Waals surface area contributed by atoms with E-state index in [4.69, 9.17) is 0 Å². The van der Waals surface area contributed by atoms with Crippen LogP contribution in [0.1, 0.15) is 65.7 Å². The summed E-state index contributed by atoms with van der Waals surface area (Å²) in [5.74, 6) is 0.958. The van der Waals surface area contributed by atoms with Crippen molar-refractivity contribution in [3.8, 4) is 0 Å². The summed E-state index contributed by atoms with van der Waals surface area (Å²) in [6, 6.07) is 2.38. The SMILES string of the molecule is CCC1CN(C2CCCC(C)CC2)C(CC)CN1. The molecular formula is C16H32N2. The van der Waals surface area contributed by atoms with Crippen molar-refractivity contribution in [1.82, 2.24) is 10.2 Å². The normalized spacial score (nSPS) is 39.5. The maximum Gasteiger partial charge on any atom is 0.0221 e. The van der Waals surface area contributed by atoms with E-state index in [1.807, 2.05) is 0 Å². The lowest BCUT2D eigenvalue weighted by molar-refractivity contribution is 0.0693. The molecule has 1 N–H and O–H groups in total. The summed E-state index contributed by atoms with van der Waals surface area (Å²) in [6.45, 7) is 9.60. The second-order valence-corrected chi connectivity index (χ2v) is 6.54. The van der Waals surface area contributed by atoms with Gasteiger partial charge in [-0.25, -0.2) is 0 Å². The summed E-state index contributed by atoms with van der Waals surface area (Å²) in [5, 5.41) is 3.72. The quantitative estimate of drug-likeness (QED) is 0.774. The first-order valence-corrected chi connectivity index (χ1v) is 8.23. The highest BCUT2D eigenvalue weighted by molar-refractivity contribution is 4.89. The molecule has 2 fully saturated rings. The molecule has 1 heterocycles. The number of nitrogens with one attached hydrogen (secondary N) is 1. The van der Waals surface area contributed by atoms with Gasteiger partial charge in [0.2, 0.25) is 0 Å². The fourth-order valence-corrected chi connectivity index (χ4v) is 3.79. The smallest absolute Gasteiger partial charge is 0.0221 e. The number of hydrogen-bond donors (Lipinski definition) is 1. The van der Waals surface area contributed by atoms with E-state index in [0.29, 0.717) is 0 Å². The van der Waals surface area contributed by atoms with E-state index in [2.05, 4.69) is 31.0 Å². The number of nitrogens with zero attached hydrogens (tertiary/aromatic N) is 1. The molecule has 2 rings (SSSR count). The highest BCUT2D eigenvalue weighted by Gasteiger charge is 2.31. The van der Waals surface area contributed by atoms with Crippen molar-refractivity contribution in [2.75, 3.05) is 13.1 Å². The Morgan fingerprint density at radius 3 is 2.61 bits per heavy atom. The summed E-state index contributed by atoms with van der Waals surface area (Å²) >= 11 is 0. The van der Waals surface area contributed by atoms with Crippen molar-refractivity contribution in [2.24, 2.45) is 5.92 Å². The van der Waals surface area contributed by atoms with Gasteiger partial charge in [0.1, 0.15) is 0 Å². The molecule has 0 spiro atoms. The van der Waals surface area contributed by atoms with Crippen LogP contribution in [0.15, 0.2) is 0 Å². The fourth-order valence-electron chi connectivity index (χ4n) is 3.79. The van der Waals surface area contributed by atoms with E-state index in [1.165, 1.54) is 58.0 Å². The summed E-state index contributed by atoms with van der Waals surface area (Å²) in [6.07, 6.45) is 9.80. The monoisotopic (exact) mass is 252 g/mol. The Kier molecular flexibility index (Phi) is 5.50. The summed E-state index contributed by atoms with van der Waals surface area (Å²) in [5.41, 5.74) is 0. The first kappa shape index (κ1) is 14.3. The fraction of sp³-hybridized carbons (Fsp3) is 1.00. The van der Waals surface area contributed by atoms with Crippen LogP contribution < -0.4 is 5.32 Å². The van der Waals surface area contributed by atoms with Gasteiger partial charge >= 0.3 is 0 Å². The van der Waals surface area contributed by atoms with Crippen molar-refractivity contribution in [1.29, 1.82) is 0 Å². The molecule has 0 radical (unpaired) electrons. The van der Waals surface area contributed by atoms with Crippen molar-refractivity contribution in [3.63, 3.8) is 0 Å². The van der Waals surface area contributed by atoms with Crippen molar-refractivity contribution in [2.45, 2.75) is 83.8 Å². The van der Waals surface area contributed by atoms with E-state index >= 15 is 0 Å². The zero-order chi connectivity index (χ0) is 13.0. The molecule has 0 aromatic rings. The Labute approximate surface area is 114 Å². The number of piperazine rings is 1. The molecule has 1 saturated heterocycles. The van der Waals surface area contributed by atoms with Crippen LogP contribution in [0.4, 0.5) is 0 Å². The van der Waals surface area contributed by atoms with Gasteiger partial charge in [0.05, 0.1) is 0 Å². The minimum atomic E-state index is 0.730. The predicted octanol–water partition coefficient (Wildman–Crippen LogP) is 3.42. The average Bonchev–Trinajstić information content (AvgIpc) is 2.62. The van der Waals surface area contributed by atoms with Gasteiger partial charge in [0, 0.05) is 31.2 Å². The third kappa shape index (κ3) is 3.48. The molecule has 1 aliphatic carbocycles. The number of rotatable bonds is 3. The molecule has 0 bridgehead atoms. The molecule has 2 heteroatoms. The van der Waals surface area contributed by atoms with Crippen LogP contribution >= 0.6 is 0 Å². The van der Waals surface area contributed by atoms with Gasteiger partial charge in [-0.1, -0.05) is 33.6 Å². The summed E-state index contributed by atoms with van der Waals surface area (Å²) in [4.78, 5) is 2.86. The predicted molar refractivity (Wildman–Crippen MR) is 78.9 cm³/mol. The van der Waals surface area contributed by atoms with Crippen molar-refractivity contribution >= 4 is 0 Å². The minimum Gasteiger partial charge on any atom is -0.311 e. The topological polar surface area (TPSA) is 15.3 Å². The standard InChI is InChI=1S/C16H32N2/c1-4-14-12-18(15(5-2)11-17-14)16-8-6-7-13(3)9-10-16/h13-17H,4-12H2,1-3H3. The highest BCUT2D eigenvalue weighted by Crippen LogP contribution is 2.28. The lowest BCUT2D eigenvalue weighted by Crippen LogP contribution is -2.59.